The third-order valence-electron chi connectivity index (χ3n) is 3.95. The summed E-state index contributed by atoms with van der Waals surface area (Å²) in [7, 11) is 1.63. The van der Waals surface area contributed by atoms with Crippen LogP contribution in [0, 0.1) is 0 Å². The highest BCUT2D eigenvalue weighted by Crippen LogP contribution is 2.30. The lowest BCUT2D eigenvalue weighted by atomic mass is 10.2. The van der Waals surface area contributed by atoms with Gasteiger partial charge in [-0.15, -0.1) is 0 Å². The molecule has 0 bridgehead atoms. The Morgan fingerprint density at radius 3 is 2.30 bits per heavy atom. The topological polar surface area (TPSA) is 30.5 Å². The van der Waals surface area contributed by atoms with E-state index in [1.165, 1.54) is 0 Å². The summed E-state index contributed by atoms with van der Waals surface area (Å²) in [4.78, 5) is 0. The molecule has 0 saturated heterocycles. The largest absolute Gasteiger partial charge is 0.493 e. The Bertz CT molecular complexity index is 917. The minimum Gasteiger partial charge on any atom is -0.493 e. The van der Waals surface area contributed by atoms with Crippen LogP contribution in [0.1, 0.15) is 11.1 Å². The maximum atomic E-state index is 6.05. The first-order valence-electron chi connectivity index (χ1n) is 8.28. The molecule has 0 atom stereocenters. The zero-order chi connectivity index (χ0) is 19.2. The van der Waals surface area contributed by atoms with Crippen LogP contribution in [0.25, 0.3) is 0 Å². The summed E-state index contributed by atoms with van der Waals surface area (Å²) in [6, 6.07) is 19.4. The molecule has 0 aliphatic carbocycles. The highest BCUT2D eigenvalue weighted by Gasteiger charge is 2.07. The van der Waals surface area contributed by atoms with Crippen molar-refractivity contribution in [3.8, 4) is 11.5 Å². The molecular formula is C21H18BrCl2NO2. The molecule has 1 N–H and O–H groups in total. The number of hydrogen-bond donors (Lipinski definition) is 1. The first-order chi connectivity index (χ1) is 13.0. The summed E-state index contributed by atoms with van der Waals surface area (Å²) in [6.07, 6.45) is 0. The molecule has 3 aromatic carbocycles. The van der Waals surface area contributed by atoms with Gasteiger partial charge in [-0.05, 0) is 59.7 Å². The molecule has 0 aliphatic rings. The molecule has 0 unspecified atom stereocenters. The summed E-state index contributed by atoms with van der Waals surface area (Å²) in [5, 5.41) is 4.43. The van der Waals surface area contributed by atoms with Crippen molar-refractivity contribution in [2.45, 2.75) is 13.2 Å². The quantitative estimate of drug-likeness (QED) is 0.408. The van der Waals surface area contributed by atoms with Crippen LogP contribution in [-0.4, -0.2) is 7.11 Å². The van der Waals surface area contributed by atoms with Gasteiger partial charge in [-0.25, -0.2) is 0 Å². The van der Waals surface area contributed by atoms with Gasteiger partial charge in [0.2, 0.25) is 0 Å². The smallest absolute Gasteiger partial charge is 0.161 e. The maximum Gasteiger partial charge on any atom is 0.161 e. The fraction of sp³-hybridized carbons (Fsp3) is 0.143. The lowest BCUT2D eigenvalue weighted by Crippen LogP contribution is -2.02. The lowest BCUT2D eigenvalue weighted by molar-refractivity contribution is 0.284. The Hall–Kier alpha value is -1.88. The van der Waals surface area contributed by atoms with Crippen LogP contribution in [-0.2, 0) is 13.2 Å². The van der Waals surface area contributed by atoms with Gasteiger partial charge in [-0.1, -0.05) is 51.3 Å². The minimum atomic E-state index is 0.379. The molecule has 27 heavy (non-hydrogen) atoms. The highest BCUT2D eigenvalue weighted by atomic mass is 79.9. The van der Waals surface area contributed by atoms with E-state index >= 15 is 0 Å². The lowest BCUT2D eigenvalue weighted by Gasteiger charge is -2.13. The summed E-state index contributed by atoms with van der Waals surface area (Å²) in [5.74, 6) is 1.36. The molecule has 0 saturated carbocycles. The Morgan fingerprint density at radius 2 is 1.59 bits per heavy atom. The van der Waals surface area contributed by atoms with E-state index in [2.05, 4.69) is 21.2 Å². The van der Waals surface area contributed by atoms with Gasteiger partial charge < -0.3 is 14.8 Å². The molecule has 6 heteroatoms. The highest BCUT2D eigenvalue weighted by molar-refractivity contribution is 9.10. The van der Waals surface area contributed by atoms with Crippen molar-refractivity contribution in [3.63, 3.8) is 0 Å². The molecule has 0 aromatic heterocycles. The zero-order valence-corrected chi connectivity index (χ0v) is 17.7. The van der Waals surface area contributed by atoms with E-state index in [9.17, 15) is 0 Å². The normalized spacial score (nSPS) is 10.5. The fourth-order valence-corrected chi connectivity index (χ4v) is 3.09. The average molecular weight is 467 g/mol. The molecule has 140 valence electrons. The van der Waals surface area contributed by atoms with Gasteiger partial charge in [0.1, 0.15) is 6.61 Å². The van der Waals surface area contributed by atoms with Crippen molar-refractivity contribution in [1.82, 2.24) is 0 Å². The zero-order valence-electron chi connectivity index (χ0n) is 14.6. The van der Waals surface area contributed by atoms with Gasteiger partial charge >= 0.3 is 0 Å². The third kappa shape index (κ3) is 5.55. The van der Waals surface area contributed by atoms with Crippen molar-refractivity contribution in [3.05, 3.63) is 86.3 Å². The van der Waals surface area contributed by atoms with Crippen molar-refractivity contribution in [2.75, 3.05) is 12.4 Å². The number of halogens is 3. The van der Waals surface area contributed by atoms with Gasteiger partial charge in [0.15, 0.2) is 11.5 Å². The molecule has 0 fully saturated rings. The number of hydrogen-bond acceptors (Lipinski definition) is 3. The first kappa shape index (κ1) is 19.9. The van der Waals surface area contributed by atoms with Crippen molar-refractivity contribution >= 4 is 44.8 Å². The monoisotopic (exact) mass is 465 g/mol. The number of methoxy groups -OCH3 is 1. The summed E-state index contributed by atoms with van der Waals surface area (Å²) >= 11 is 15.4. The van der Waals surface area contributed by atoms with Crippen LogP contribution in [0.4, 0.5) is 5.69 Å². The second-order valence-electron chi connectivity index (χ2n) is 5.88. The van der Waals surface area contributed by atoms with Gasteiger partial charge in [0.25, 0.3) is 0 Å². The Balaban J connectivity index is 1.64. The number of anilines is 1. The van der Waals surface area contributed by atoms with E-state index in [4.69, 9.17) is 32.7 Å². The Labute approximate surface area is 177 Å². The van der Waals surface area contributed by atoms with Gasteiger partial charge in [-0.3, -0.25) is 0 Å². The van der Waals surface area contributed by atoms with Crippen LogP contribution in [0.15, 0.2) is 65.1 Å². The third-order valence-corrected chi connectivity index (χ3v) is 5.21. The van der Waals surface area contributed by atoms with E-state index in [-0.39, 0.29) is 0 Å². The van der Waals surface area contributed by atoms with Crippen molar-refractivity contribution in [2.24, 2.45) is 0 Å². The van der Waals surface area contributed by atoms with Crippen LogP contribution in [0.2, 0.25) is 10.0 Å². The Morgan fingerprint density at radius 1 is 0.852 bits per heavy atom. The van der Waals surface area contributed by atoms with Crippen LogP contribution >= 0.6 is 39.1 Å². The molecule has 3 nitrogen and oxygen atoms in total. The molecule has 0 heterocycles. The molecule has 0 amide bonds. The molecular weight excluding hydrogens is 449 g/mol. The first-order valence-corrected chi connectivity index (χ1v) is 9.83. The number of ether oxygens (including phenoxy) is 2. The van der Waals surface area contributed by atoms with E-state index in [1.807, 2.05) is 48.5 Å². The molecule has 0 spiro atoms. The van der Waals surface area contributed by atoms with E-state index < -0.39 is 0 Å². The Kier molecular flexibility index (Phi) is 6.89. The molecule has 0 aliphatic heterocycles. The van der Waals surface area contributed by atoms with E-state index in [0.717, 1.165) is 21.3 Å². The molecule has 3 aromatic rings. The van der Waals surface area contributed by atoms with Crippen LogP contribution in [0.5, 0.6) is 11.5 Å². The predicted octanol–water partition coefficient (Wildman–Crippen LogP) is 6.96. The fourth-order valence-electron chi connectivity index (χ4n) is 2.50. The van der Waals surface area contributed by atoms with E-state index in [0.29, 0.717) is 34.7 Å². The van der Waals surface area contributed by atoms with Crippen molar-refractivity contribution in [1.29, 1.82) is 0 Å². The standard InChI is InChI=1S/C21H18BrCl2NO2/c1-26-21-11-14(12-25-17-6-4-16(22)5-7-17)3-9-20(21)27-13-15-2-8-18(23)19(24)10-15/h2-11,25H,12-13H2,1H3. The summed E-state index contributed by atoms with van der Waals surface area (Å²) in [5.41, 5.74) is 3.08. The maximum absolute atomic E-state index is 6.05. The molecule has 3 rings (SSSR count). The molecule has 0 radical (unpaired) electrons. The minimum absolute atomic E-state index is 0.379. The number of nitrogens with one attached hydrogen (secondary N) is 1. The van der Waals surface area contributed by atoms with Crippen LogP contribution < -0.4 is 14.8 Å². The van der Waals surface area contributed by atoms with E-state index in [1.54, 1.807) is 19.2 Å². The number of benzene rings is 3. The summed E-state index contributed by atoms with van der Waals surface area (Å²) < 4.78 is 12.4. The van der Waals surface area contributed by atoms with Gasteiger partial charge in [0.05, 0.1) is 17.2 Å². The van der Waals surface area contributed by atoms with Crippen LogP contribution in [0.3, 0.4) is 0 Å². The second-order valence-corrected chi connectivity index (χ2v) is 7.61. The summed E-state index contributed by atoms with van der Waals surface area (Å²) in [6.45, 7) is 1.06. The number of rotatable bonds is 7. The van der Waals surface area contributed by atoms with Crippen molar-refractivity contribution < 1.29 is 9.47 Å². The predicted molar refractivity (Wildman–Crippen MR) is 115 cm³/mol. The SMILES string of the molecule is COc1cc(CNc2ccc(Br)cc2)ccc1OCc1ccc(Cl)c(Cl)c1. The average Bonchev–Trinajstić information content (AvgIpc) is 2.68. The second kappa shape index (κ2) is 9.36. The van der Waals surface area contributed by atoms with Gasteiger partial charge in [0, 0.05) is 16.7 Å². The van der Waals surface area contributed by atoms with Gasteiger partial charge in [-0.2, -0.15) is 0 Å².